The second-order valence-corrected chi connectivity index (χ2v) is 5.51. The highest BCUT2D eigenvalue weighted by atomic mass is 32.2. The summed E-state index contributed by atoms with van der Waals surface area (Å²) >= 11 is 1.37. The van der Waals surface area contributed by atoms with Crippen LogP contribution in [0, 0.1) is 0 Å². The third kappa shape index (κ3) is 9.56. The van der Waals surface area contributed by atoms with Gasteiger partial charge in [-0.3, -0.25) is 4.79 Å². The van der Waals surface area contributed by atoms with Gasteiger partial charge in [-0.15, -0.1) is 0 Å². The summed E-state index contributed by atoms with van der Waals surface area (Å²) in [6.07, 6.45) is 2.74. The van der Waals surface area contributed by atoms with Crippen molar-refractivity contribution in [3.05, 3.63) is 0 Å². The Balaban J connectivity index is 3.76. The van der Waals surface area contributed by atoms with Crippen LogP contribution < -0.4 is 0 Å². The molecular weight excluding hydrogens is 184 g/mol. The Morgan fingerprint density at radius 1 is 1.54 bits per heavy atom. The van der Waals surface area contributed by atoms with E-state index in [4.69, 9.17) is 0 Å². The summed E-state index contributed by atoms with van der Waals surface area (Å²) in [4.78, 5) is 10.7. The number of hydrogen-bond acceptors (Lipinski definition) is 3. The Labute approximate surface area is 84.8 Å². The predicted octanol–water partition coefficient (Wildman–Crippen LogP) is 1.74. The van der Waals surface area contributed by atoms with Crippen molar-refractivity contribution in [3.63, 3.8) is 0 Å². The first-order valence-electron chi connectivity index (χ1n) is 4.34. The number of hydrogen-bond donors (Lipinski definition) is 0. The lowest BCUT2D eigenvalue weighted by molar-refractivity contribution is -0.876. The van der Waals surface area contributed by atoms with Crippen molar-refractivity contribution in [2.45, 2.75) is 25.5 Å². The van der Waals surface area contributed by atoms with Crippen molar-refractivity contribution >= 4 is 23.1 Å². The van der Waals surface area contributed by atoms with Crippen LogP contribution in [0.2, 0.25) is 0 Å². The fourth-order valence-electron chi connectivity index (χ4n) is 0.772. The van der Waals surface area contributed by atoms with Crippen molar-refractivity contribution in [2.75, 3.05) is 21.1 Å². The molecule has 0 amide bonds. The lowest BCUT2D eigenvalue weighted by Crippen LogP contribution is -2.27. The number of thioether (sulfide) groups is 1. The van der Waals surface area contributed by atoms with E-state index in [2.05, 4.69) is 5.10 Å². The van der Waals surface area contributed by atoms with Crippen LogP contribution in [0.15, 0.2) is 5.10 Å². The van der Waals surface area contributed by atoms with E-state index < -0.39 is 0 Å². The average Bonchev–Trinajstić information content (AvgIpc) is 1.81. The van der Waals surface area contributed by atoms with Gasteiger partial charge in [-0.1, -0.05) is 23.8 Å². The van der Waals surface area contributed by atoms with Gasteiger partial charge in [0.05, 0.1) is 27.4 Å². The summed E-state index contributed by atoms with van der Waals surface area (Å²) in [6, 6.07) is 0. The highest BCUT2D eigenvalue weighted by Gasteiger charge is 2.06. The molecule has 0 saturated carbocycles. The van der Waals surface area contributed by atoms with E-state index in [0.29, 0.717) is 9.84 Å². The maximum absolute atomic E-state index is 10.7. The first kappa shape index (κ1) is 12.7. The lowest BCUT2D eigenvalue weighted by atomic mass is 10.4. The predicted molar refractivity (Wildman–Crippen MR) is 58.9 cm³/mol. The minimum absolute atomic E-state index is 0.172. The molecule has 0 aliphatic carbocycles. The zero-order valence-electron chi connectivity index (χ0n) is 9.07. The molecule has 13 heavy (non-hydrogen) atoms. The number of carbonyl (C=O) groups excluding carboxylic acids is 1. The zero-order chi connectivity index (χ0) is 10.5. The molecule has 0 rings (SSSR count). The summed E-state index contributed by atoms with van der Waals surface area (Å²) in [7, 11) is 6.00. The molecular formula is C9H19N2OS+. The number of quaternary nitrogens is 1. The number of nitrogens with zero attached hydrogens (tertiary/aromatic N) is 2. The van der Waals surface area contributed by atoms with Crippen LogP contribution in [-0.2, 0) is 4.79 Å². The SMILES string of the molecule is CC(=O)SC(C)CC=N[N+](C)(C)C. The van der Waals surface area contributed by atoms with Crippen molar-refractivity contribution < 1.29 is 9.39 Å². The van der Waals surface area contributed by atoms with Gasteiger partial charge < -0.3 is 0 Å². The maximum atomic E-state index is 10.7. The zero-order valence-corrected chi connectivity index (χ0v) is 9.89. The average molecular weight is 203 g/mol. The summed E-state index contributed by atoms with van der Waals surface area (Å²) < 4.78 is 0.581. The van der Waals surface area contributed by atoms with E-state index in [0.717, 1.165) is 6.42 Å². The molecule has 0 N–H and O–H groups in total. The third-order valence-electron chi connectivity index (χ3n) is 1.23. The molecule has 0 radical (unpaired) electrons. The van der Waals surface area contributed by atoms with Gasteiger partial charge in [-0.2, -0.15) is 0 Å². The molecule has 0 fully saturated rings. The molecule has 0 aliphatic rings. The minimum atomic E-state index is 0.172. The maximum Gasteiger partial charge on any atom is 0.186 e. The van der Waals surface area contributed by atoms with Gasteiger partial charge in [-0.25, -0.2) is 4.59 Å². The summed E-state index contributed by atoms with van der Waals surface area (Å²) in [6.45, 7) is 3.63. The Kier molecular flexibility index (Phi) is 5.25. The molecule has 1 atom stereocenters. The molecule has 0 aromatic heterocycles. The van der Waals surface area contributed by atoms with Crippen molar-refractivity contribution in [1.29, 1.82) is 0 Å². The fourth-order valence-corrected chi connectivity index (χ4v) is 1.52. The highest BCUT2D eigenvalue weighted by molar-refractivity contribution is 8.14. The van der Waals surface area contributed by atoms with E-state index in [1.54, 1.807) is 6.92 Å². The molecule has 76 valence electrons. The quantitative estimate of drug-likeness (QED) is 0.396. The van der Waals surface area contributed by atoms with E-state index in [-0.39, 0.29) is 5.12 Å². The summed E-state index contributed by atoms with van der Waals surface area (Å²) in [5.41, 5.74) is 0. The lowest BCUT2D eigenvalue weighted by Gasteiger charge is -2.14. The Bertz CT molecular complexity index is 196. The molecule has 1 unspecified atom stereocenters. The highest BCUT2D eigenvalue weighted by Crippen LogP contribution is 2.13. The molecule has 0 heterocycles. The van der Waals surface area contributed by atoms with E-state index in [1.165, 1.54) is 11.8 Å². The van der Waals surface area contributed by atoms with Crippen molar-refractivity contribution in [3.8, 4) is 0 Å². The monoisotopic (exact) mass is 203 g/mol. The summed E-state index contributed by atoms with van der Waals surface area (Å²) in [5.74, 6) is 0. The smallest absolute Gasteiger partial charge is 0.186 e. The summed E-state index contributed by atoms with van der Waals surface area (Å²) in [5, 5.41) is 4.79. The van der Waals surface area contributed by atoms with Crippen LogP contribution >= 0.6 is 11.8 Å². The van der Waals surface area contributed by atoms with E-state index >= 15 is 0 Å². The Morgan fingerprint density at radius 2 is 2.08 bits per heavy atom. The normalized spacial score (nSPS) is 14.8. The van der Waals surface area contributed by atoms with Gasteiger partial charge >= 0.3 is 0 Å². The number of rotatable bonds is 4. The van der Waals surface area contributed by atoms with E-state index in [9.17, 15) is 4.79 Å². The van der Waals surface area contributed by atoms with Crippen LogP contribution in [0.3, 0.4) is 0 Å². The van der Waals surface area contributed by atoms with Crippen molar-refractivity contribution in [2.24, 2.45) is 5.10 Å². The van der Waals surface area contributed by atoms with Gasteiger partial charge in [0.2, 0.25) is 0 Å². The first-order chi connectivity index (χ1) is 5.81. The molecule has 0 saturated heterocycles. The Morgan fingerprint density at radius 3 is 2.46 bits per heavy atom. The van der Waals surface area contributed by atoms with Gasteiger partial charge in [0.1, 0.15) is 0 Å². The largest absolute Gasteiger partial charge is 0.288 e. The number of carbonyl (C=O) groups is 1. The third-order valence-corrected chi connectivity index (χ3v) is 2.16. The van der Waals surface area contributed by atoms with E-state index in [1.807, 2.05) is 34.3 Å². The molecule has 0 bridgehead atoms. The van der Waals surface area contributed by atoms with Gasteiger partial charge in [0.15, 0.2) is 5.12 Å². The fraction of sp³-hybridized carbons (Fsp3) is 0.778. The van der Waals surface area contributed by atoms with Gasteiger partial charge in [-0.05, 0) is 6.42 Å². The van der Waals surface area contributed by atoms with Gasteiger partial charge in [0.25, 0.3) is 0 Å². The Hall–Kier alpha value is -0.350. The molecule has 4 heteroatoms. The van der Waals surface area contributed by atoms with Crippen LogP contribution in [0.25, 0.3) is 0 Å². The second-order valence-electron chi connectivity index (χ2n) is 3.90. The molecule has 3 nitrogen and oxygen atoms in total. The second kappa shape index (κ2) is 5.40. The van der Waals surface area contributed by atoms with Crippen LogP contribution in [0.4, 0.5) is 0 Å². The molecule has 0 aromatic carbocycles. The van der Waals surface area contributed by atoms with Crippen LogP contribution in [0.1, 0.15) is 20.3 Å². The van der Waals surface area contributed by atoms with Gasteiger partial charge in [0, 0.05) is 12.2 Å². The minimum Gasteiger partial charge on any atom is -0.288 e. The molecule has 0 aliphatic heterocycles. The standard InChI is InChI=1S/C9H19N2OS/c1-8(13-9(2)12)6-7-10-11(3,4)5/h7-8H,6H2,1-5H3/q+1. The van der Waals surface area contributed by atoms with Crippen molar-refractivity contribution in [1.82, 2.24) is 0 Å². The topological polar surface area (TPSA) is 29.4 Å². The molecule has 0 spiro atoms. The van der Waals surface area contributed by atoms with Crippen LogP contribution in [0.5, 0.6) is 0 Å². The van der Waals surface area contributed by atoms with Crippen LogP contribution in [-0.4, -0.2) is 42.3 Å². The molecule has 0 aromatic rings. The first-order valence-corrected chi connectivity index (χ1v) is 5.22.